The summed E-state index contributed by atoms with van der Waals surface area (Å²) >= 11 is 0. The Labute approximate surface area is 118 Å². The van der Waals surface area contributed by atoms with Crippen LogP contribution >= 0.6 is 0 Å². The molecule has 2 heteroatoms. The molecule has 0 aliphatic rings. The average molecular weight is 260 g/mol. The van der Waals surface area contributed by atoms with Crippen molar-refractivity contribution >= 4 is 17.0 Å². The lowest BCUT2D eigenvalue weighted by molar-refractivity contribution is 1.10. The predicted octanol–water partition coefficient (Wildman–Crippen LogP) is 4.61. The first-order chi connectivity index (χ1) is 9.90. The normalized spacial score (nSPS) is 11.8. The first-order valence-electron chi connectivity index (χ1n) is 6.70. The maximum absolute atomic E-state index is 4.20. The molecule has 20 heavy (non-hydrogen) atoms. The fraction of sp³-hybridized carbons (Fsp3) is 0.0556. The molecule has 0 aliphatic carbocycles. The Hall–Kier alpha value is -2.61. The largest absolute Gasteiger partial charge is 0.314 e. The van der Waals surface area contributed by atoms with Crippen LogP contribution in [0.4, 0.5) is 0 Å². The van der Waals surface area contributed by atoms with Gasteiger partial charge in [-0.2, -0.15) is 0 Å². The molecule has 0 N–H and O–H groups in total. The number of nitrogens with zero attached hydrogens (tertiary/aromatic N) is 2. The molecule has 2 nitrogen and oxygen atoms in total. The monoisotopic (exact) mass is 260 g/mol. The highest BCUT2D eigenvalue weighted by Gasteiger charge is 2.06. The first-order valence-corrected chi connectivity index (χ1v) is 6.70. The lowest BCUT2D eigenvalue weighted by Crippen LogP contribution is -1.91. The average Bonchev–Trinajstić information content (AvgIpc) is 2.88. The zero-order valence-electron chi connectivity index (χ0n) is 11.4. The first kappa shape index (κ1) is 12.4. The van der Waals surface area contributed by atoms with Gasteiger partial charge in [-0.1, -0.05) is 42.5 Å². The van der Waals surface area contributed by atoms with Crippen molar-refractivity contribution in [2.45, 2.75) is 6.92 Å². The minimum absolute atomic E-state index is 1.08. The third kappa shape index (κ3) is 2.28. The van der Waals surface area contributed by atoms with E-state index in [1.807, 2.05) is 31.3 Å². The summed E-state index contributed by atoms with van der Waals surface area (Å²) in [5.41, 5.74) is 3.48. The molecule has 1 aromatic carbocycles. The predicted molar refractivity (Wildman–Crippen MR) is 84.9 cm³/mol. The van der Waals surface area contributed by atoms with E-state index in [4.69, 9.17) is 0 Å². The molecular weight excluding hydrogens is 244 g/mol. The molecule has 0 amide bonds. The van der Waals surface area contributed by atoms with Gasteiger partial charge >= 0.3 is 0 Å². The summed E-state index contributed by atoms with van der Waals surface area (Å²) in [4.78, 5) is 4.20. The van der Waals surface area contributed by atoms with E-state index in [0.717, 1.165) is 5.69 Å². The van der Waals surface area contributed by atoms with Crippen molar-refractivity contribution < 1.29 is 0 Å². The highest BCUT2D eigenvalue weighted by Crippen LogP contribution is 2.25. The van der Waals surface area contributed by atoms with E-state index in [9.17, 15) is 0 Å². The molecule has 2 heterocycles. The van der Waals surface area contributed by atoms with Gasteiger partial charge < -0.3 is 4.57 Å². The van der Waals surface area contributed by atoms with Crippen LogP contribution < -0.4 is 0 Å². The Balaban J connectivity index is 2.19. The summed E-state index contributed by atoms with van der Waals surface area (Å²) in [6.45, 7) is 2.02. The highest BCUT2D eigenvalue weighted by atomic mass is 15.0. The number of aromatic nitrogens is 2. The molecule has 0 saturated carbocycles. The molecule has 0 fully saturated rings. The van der Waals surface area contributed by atoms with Crippen molar-refractivity contribution in [2.24, 2.45) is 0 Å². The van der Waals surface area contributed by atoms with E-state index in [0.29, 0.717) is 0 Å². The SMILES string of the molecule is C/C=C\C=C/c1cn(-c2cccnc2)c2ccccc12. The van der Waals surface area contributed by atoms with Gasteiger partial charge in [0.05, 0.1) is 17.4 Å². The van der Waals surface area contributed by atoms with E-state index in [-0.39, 0.29) is 0 Å². The summed E-state index contributed by atoms with van der Waals surface area (Å²) in [5, 5.41) is 1.25. The Morgan fingerprint density at radius 3 is 2.75 bits per heavy atom. The van der Waals surface area contributed by atoms with Crippen molar-refractivity contribution in [3.8, 4) is 5.69 Å². The van der Waals surface area contributed by atoms with Crippen molar-refractivity contribution in [3.05, 3.63) is 78.8 Å². The number of pyridine rings is 1. The van der Waals surface area contributed by atoms with Crippen LogP contribution in [0.25, 0.3) is 22.7 Å². The van der Waals surface area contributed by atoms with Gasteiger partial charge in [-0.3, -0.25) is 4.98 Å². The fourth-order valence-corrected chi connectivity index (χ4v) is 2.32. The molecule has 0 radical (unpaired) electrons. The molecule has 3 rings (SSSR count). The number of hydrogen-bond acceptors (Lipinski definition) is 1. The summed E-state index contributed by atoms with van der Waals surface area (Å²) in [7, 11) is 0. The van der Waals surface area contributed by atoms with Crippen molar-refractivity contribution in [1.29, 1.82) is 0 Å². The molecule has 0 spiro atoms. The van der Waals surface area contributed by atoms with Crippen LogP contribution in [0.1, 0.15) is 12.5 Å². The zero-order chi connectivity index (χ0) is 13.8. The molecule has 98 valence electrons. The van der Waals surface area contributed by atoms with E-state index in [1.165, 1.54) is 16.5 Å². The third-order valence-electron chi connectivity index (χ3n) is 3.25. The van der Waals surface area contributed by atoms with Gasteiger partial charge in [-0.05, 0) is 25.1 Å². The summed E-state index contributed by atoms with van der Waals surface area (Å²) < 4.78 is 2.18. The number of para-hydroxylation sites is 1. The maximum Gasteiger partial charge on any atom is 0.0639 e. The van der Waals surface area contributed by atoms with Gasteiger partial charge in [0, 0.05) is 23.3 Å². The third-order valence-corrected chi connectivity index (χ3v) is 3.25. The number of fused-ring (bicyclic) bond motifs is 1. The second-order valence-electron chi connectivity index (χ2n) is 4.57. The van der Waals surface area contributed by atoms with Gasteiger partial charge in [0.25, 0.3) is 0 Å². The summed E-state index contributed by atoms with van der Waals surface area (Å²) in [5.74, 6) is 0. The number of benzene rings is 1. The van der Waals surface area contributed by atoms with Gasteiger partial charge in [0.1, 0.15) is 0 Å². The minimum atomic E-state index is 1.08. The molecule has 3 aromatic rings. The maximum atomic E-state index is 4.20. The van der Waals surface area contributed by atoms with Crippen LogP contribution in [0.5, 0.6) is 0 Å². The lowest BCUT2D eigenvalue weighted by Gasteiger charge is -2.03. The minimum Gasteiger partial charge on any atom is -0.314 e. The second kappa shape index (κ2) is 5.57. The van der Waals surface area contributed by atoms with Crippen molar-refractivity contribution in [2.75, 3.05) is 0 Å². The topological polar surface area (TPSA) is 17.8 Å². The van der Waals surface area contributed by atoms with Crippen LogP contribution in [0.2, 0.25) is 0 Å². The van der Waals surface area contributed by atoms with Gasteiger partial charge in [-0.15, -0.1) is 0 Å². The van der Waals surface area contributed by atoms with Crippen LogP contribution in [0, 0.1) is 0 Å². The molecular formula is C18H16N2. The van der Waals surface area contributed by atoms with Crippen LogP contribution in [0.15, 0.2) is 73.2 Å². The molecule has 0 atom stereocenters. The lowest BCUT2D eigenvalue weighted by atomic mass is 10.1. The van der Waals surface area contributed by atoms with Gasteiger partial charge in [0.15, 0.2) is 0 Å². The summed E-state index contributed by atoms with van der Waals surface area (Å²) in [6, 6.07) is 12.4. The van der Waals surface area contributed by atoms with E-state index < -0.39 is 0 Å². The zero-order valence-corrected chi connectivity index (χ0v) is 11.4. The molecule has 0 unspecified atom stereocenters. The van der Waals surface area contributed by atoms with Gasteiger partial charge in [0.2, 0.25) is 0 Å². The molecule has 0 bridgehead atoms. The smallest absolute Gasteiger partial charge is 0.0639 e. The number of allylic oxidation sites excluding steroid dienone is 3. The van der Waals surface area contributed by atoms with Crippen LogP contribution in [-0.4, -0.2) is 9.55 Å². The Morgan fingerprint density at radius 1 is 1.05 bits per heavy atom. The van der Waals surface area contributed by atoms with Crippen LogP contribution in [-0.2, 0) is 0 Å². The Kier molecular flexibility index (Phi) is 3.46. The molecule has 2 aromatic heterocycles. The number of rotatable bonds is 3. The van der Waals surface area contributed by atoms with E-state index in [1.54, 1.807) is 6.20 Å². The molecule has 0 aliphatic heterocycles. The molecule has 0 saturated heterocycles. The van der Waals surface area contributed by atoms with E-state index in [2.05, 4.69) is 58.2 Å². The standard InChI is InChI=1S/C18H16N2/c1-2-3-4-8-15-14-20(16-9-7-12-19-13-16)18-11-6-5-10-17(15)18/h2-14H,1H3/b3-2-,8-4-. The number of hydrogen-bond donors (Lipinski definition) is 0. The Morgan fingerprint density at radius 2 is 1.95 bits per heavy atom. The van der Waals surface area contributed by atoms with Gasteiger partial charge in [-0.25, -0.2) is 0 Å². The highest BCUT2D eigenvalue weighted by molar-refractivity contribution is 5.90. The van der Waals surface area contributed by atoms with E-state index >= 15 is 0 Å². The Bertz CT molecular complexity index is 764. The van der Waals surface area contributed by atoms with Crippen molar-refractivity contribution in [1.82, 2.24) is 9.55 Å². The van der Waals surface area contributed by atoms with Crippen molar-refractivity contribution in [3.63, 3.8) is 0 Å². The second-order valence-corrected chi connectivity index (χ2v) is 4.57. The summed E-state index contributed by atoms with van der Waals surface area (Å²) in [6.07, 6.45) is 14.1. The van der Waals surface area contributed by atoms with Crippen LogP contribution in [0.3, 0.4) is 0 Å². The fourth-order valence-electron chi connectivity index (χ4n) is 2.32. The quantitative estimate of drug-likeness (QED) is 0.628.